The van der Waals surface area contributed by atoms with Gasteiger partial charge in [0, 0.05) is 64.5 Å². The molecule has 136 valence electrons. The minimum absolute atomic E-state index is 0.0559. The van der Waals surface area contributed by atoms with Crippen LogP contribution in [0, 0.1) is 0 Å². The highest BCUT2D eigenvalue weighted by molar-refractivity contribution is 5.80. The summed E-state index contributed by atoms with van der Waals surface area (Å²) in [6.45, 7) is 5.11. The average Bonchev–Trinajstić information content (AvgIpc) is 3.12. The molecule has 6 nitrogen and oxygen atoms in total. The van der Waals surface area contributed by atoms with Crippen molar-refractivity contribution in [1.82, 2.24) is 15.2 Å². The third-order valence-corrected chi connectivity index (χ3v) is 5.06. The van der Waals surface area contributed by atoms with Gasteiger partial charge in [0.2, 0.25) is 0 Å². The van der Waals surface area contributed by atoms with Crippen molar-refractivity contribution in [3.8, 4) is 0 Å². The first-order chi connectivity index (χ1) is 12.2. The quantitative estimate of drug-likeness (QED) is 0.846. The van der Waals surface area contributed by atoms with Gasteiger partial charge in [-0.05, 0) is 36.1 Å². The fourth-order valence-electron chi connectivity index (χ4n) is 3.29. The number of hydrogen-bond acceptors (Lipinski definition) is 3. The molecule has 6 heteroatoms. The number of H-pyrrole nitrogens is 1. The molecule has 0 bridgehead atoms. The normalized spacial score (nSPS) is 16.7. The maximum atomic E-state index is 12.6. The van der Waals surface area contributed by atoms with E-state index in [1.165, 1.54) is 0 Å². The molecule has 1 fully saturated rings. The number of aromatic amines is 1. The molecule has 0 aliphatic carbocycles. The van der Waals surface area contributed by atoms with E-state index in [-0.39, 0.29) is 11.6 Å². The van der Waals surface area contributed by atoms with Crippen molar-refractivity contribution in [3.63, 3.8) is 0 Å². The number of ether oxygens (including phenoxy) is 2. The molecule has 2 heterocycles. The molecule has 2 N–H and O–H groups in total. The van der Waals surface area contributed by atoms with E-state index in [1.807, 2.05) is 24.1 Å². The van der Waals surface area contributed by atoms with Crippen molar-refractivity contribution in [3.05, 3.63) is 36.0 Å². The molecule has 1 aliphatic heterocycles. The van der Waals surface area contributed by atoms with E-state index in [0.717, 1.165) is 29.3 Å². The standard InChI is InChI=1S/C19H27N3O3/c1-3-22(13-15-4-5-17-16(12-15)6-9-20-17)18(23)21-14-19(24-2)7-10-25-11-8-19/h4-6,9,12,20H,3,7-8,10-11,13-14H2,1-2H3,(H,21,23). The maximum Gasteiger partial charge on any atom is 0.317 e. The number of amides is 2. The number of urea groups is 1. The fourth-order valence-corrected chi connectivity index (χ4v) is 3.29. The van der Waals surface area contributed by atoms with Crippen LogP contribution in [0.4, 0.5) is 4.79 Å². The monoisotopic (exact) mass is 345 g/mol. The van der Waals surface area contributed by atoms with Crippen LogP contribution in [0.15, 0.2) is 30.5 Å². The van der Waals surface area contributed by atoms with Crippen LogP contribution >= 0.6 is 0 Å². The Kier molecular flexibility index (Phi) is 5.60. The van der Waals surface area contributed by atoms with Gasteiger partial charge in [0.15, 0.2) is 0 Å². The summed E-state index contributed by atoms with van der Waals surface area (Å²) in [5.74, 6) is 0. The van der Waals surface area contributed by atoms with Crippen molar-refractivity contribution < 1.29 is 14.3 Å². The minimum Gasteiger partial charge on any atom is -0.381 e. The predicted molar refractivity (Wildman–Crippen MR) is 97.6 cm³/mol. The van der Waals surface area contributed by atoms with E-state index in [2.05, 4.69) is 28.5 Å². The fraction of sp³-hybridized carbons (Fsp3) is 0.526. The van der Waals surface area contributed by atoms with E-state index in [1.54, 1.807) is 7.11 Å². The van der Waals surface area contributed by atoms with E-state index >= 15 is 0 Å². The van der Waals surface area contributed by atoms with Gasteiger partial charge in [0.05, 0.1) is 5.60 Å². The number of carbonyl (C=O) groups excluding carboxylic acids is 1. The van der Waals surface area contributed by atoms with Crippen LogP contribution in [0.5, 0.6) is 0 Å². The lowest BCUT2D eigenvalue weighted by Crippen LogP contribution is -2.51. The van der Waals surface area contributed by atoms with E-state index < -0.39 is 0 Å². The van der Waals surface area contributed by atoms with E-state index in [4.69, 9.17) is 9.47 Å². The molecule has 2 amide bonds. The second-order valence-corrected chi connectivity index (χ2v) is 6.57. The van der Waals surface area contributed by atoms with E-state index in [9.17, 15) is 4.79 Å². The number of benzene rings is 1. The van der Waals surface area contributed by atoms with Crippen LogP contribution in [-0.4, -0.2) is 54.9 Å². The van der Waals surface area contributed by atoms with Crippen molar-refractivity contribution >= 4 is 16.9 Å². The van der Waals surface area contributed by atoms with Crippen molar-refractivity contribution in [2.75, 3.05) is 33.4 Å². The number of carbonyl (C=O) groups is 1. The Balaban J connectivity index is 1.60. The van der Waals surface area contributed by atoms with Crippen LogP contribution in [0.25, 0.3) is 10.9 Å². The molecule has 2 aromatic rings. The molecule has 3 rings (SSSR count). The summed E-state index contributed by atoms with van der Waals surface area (Å²) in [4.78, 5) is 17.6. The number of nitrogens with one attached hydrogen (secondary N) is 2. The van der Waals surface area contributed by atoms with Crippen molar-refractivity contribution in [2.45, 2.75) is 31.9 Å². The zero-order valence-corrected chi connectivity index (χ0v) is 15.0. The van der Waals surface area contributed by atoms with Gasteiger partial charge in [-0.3, -0.25) is 0 Å². The Labute approximate surface area is 148 Å². The van der Waals surface area contributed by atoms with Crippen LogP contribution < -0.4 is 5.32 Å². The van der Waals surface area contributed by atoms with Gasteiger partial charge in [-0.1, -0.05) is 6.07 Å². The van der Waals surface area contributed by atoms with Gasteiger partial charge in [-0.15, -0.1) is 0 Å². The first-order valence-electron chi connectivity index (χ1n) is 8.87. The summed E-state index contributed by atoms with van der Waals surface area (Å²) >= 11 is 0. The number of fused-ring (bicyclic) bond motifs is 1. The first-order valence-corrected chi connectivity index (χ1v) is 8.87. The first kappa shape index (κ1) is 17.8. The summed E-state index contributed by atoms with van der Waals surface area (Å²) < 4.78 is 11.1. The highest BCUT2D eigenvalue weighted by Crippen LogP contribution is 2.23. The van der Waals surface area contributed by atoms with Crippen LogP contribution in [-0.2, 0) is 16.0 Å². The Morgan fingerprint density at radius 3 is 2.88 bits per heavy atom. The number of methoxy groups -OCH3 is 1. The number of hydrogen-bond donors (Lipinski definition) is 2. The molecule has 0 spiro atoms. The lowest BCUT2D eigenvalue weighted by molar-refractivity contribution is -0.0864. The summed E-state index contributed by atoms with van der Waals surface area (Å²) in [7, 11) is 1.71. The third-order valence-electron chi connectivity index (χ3n) is 5.06. The number of nitrogens with zero attached hydrogens (tertiary/aromatic N) is 1. The number of rotatable bonds is 6. The molecule has 1 aromatic heterocycles. The molecule has 1 aromatic carbocycles. The molecule has 0 radical (unpaired) electrons. The zero-order valence-electron chi connectivity index (χ0n) is 15.0. The molecular weight excluding hydrogens is 318 g/mol. The lowest BCUT2D eigenvalue weighted by atomic mass is 9.94. The summed E-state index contributed by atoms with van der Waals surface area (Å²) in [6, 6.07) is 8.22. The van der Waals surface area contributed by atoms with Crippen LogP contribution in [0.1, 0.15) is 25.3 Å². The van der Waals surface area contributed by atoms with E-state index in [0.29, 0.717) is 32.8 Å². The summed E-state index contributed by atoms with van der Waals surface area (Å²) in [5.41, 5.74) is 1.92. The molecule has 25 heavy (non-hydrogen) atoms. The molecule has 1 saturated heterocycles. The largest absolute Gasteiger partial charge is 0.381 e. The lowest BCUT2D eigenvalue weighted by Gasteiger charge is -2.36. The van der Waals surface area contributed by atoms with Gasteiger partial charge in [-0.2, -0.15) is 0 Å². The number of aromatic nitrogens is 1. The molecule has 0 saturated carbocycles. The van der Waals surface area contributed by atoms with Crippen molar-refractivity contribution in [1.29, 1.82) is 0 Å². The Morgan fingerprint density at radius 2 is 2.16 bits per heavy atom. The van der Waals surface area contributed by atoms with Gasteiger partial charge < -0.3 is 24.7 Å². The smallest absolute Gasteiger partial charge is 0.317 e. The minimum atomic E-state index is -0.308. The van der Waals surface area contributed by atoms with Gasteiger partial charge in [0.1, 0.15) is 0 Å². The van der Waals surface area contributed by atoms with Gasteiger partial charge >= 0.3 is 6.03 Å². The Hall–Kier alpha value is -2.05. The Bertz CT molecular complexity index is 707. The SMILES string of the molecule is CCN(Cc1ccc2[nH]ccc2c1)C(=O)NCC1(OC)CCOCC1. The topological polar surface area (TPSA) is 66.6 Å². The van der Waals surface area contributed by atoms with Crippen LogP contribution in [0.3, 0.4) is 0 Å². The highest BCUT2D eigenvalue weighted by Gasteiger charge is 2.33. The second-order valence-electron chi connectivity index (χ2n) is 6.57. The van der Waals surface area contributed by atoms with Crippen molar-refractivity contribution in [2.24, 2.45) is 0 Å². The predicted octanol–water partition coefficient (Wildman–Crippen LogP) is 2.90. The molecule has 0 atom stereocenters. The molecule has 0 unspecified atom stereocenters. The zero-order chi connectivity index (χ0) is 17.7. The van der Waals surface area contributed by atoms with Gasteiger partial charge in [-0.25, -0.2) is 4.79 Å². The summed E-state index contributed by atoms with van der Waals surface area (Å²) in [6.07, 6.45) is 3.54. The molecule has 1 aliphatic rings. The molecular formula is C19H27N3O3. The third kappa shape index (κ3) is 4.14. The highest BCUT2D eigenvalue weighted by atomic mass is 16.5. The second kappa shape index (κ2) is 7.89. The van der Waals surface area contributed by atoms with Gasteiger partial charge in [0.25, 0.3) is 0 Å². The average molecular weight is 345 g/mol. The Morgan fingerprint density at radius 1 is 1.36 bits per heavy atom. The van der Waals surface area contributed by atoms with Crippen LogP contribution in [0.2, 0.25) is 0 Å². The summed E-state index contributed by atoms with van der Waals surface area (Å²) in [5, 5.41) is 4.21. The maximum absolute atomic E-state index is 12.6.